The van der Waals surface area contributed by atoms with Crippen molar-refractivity contribution in [2.75, 3.05) is 26.7 Å². The number of ether oxygens (including phenoxy) is 1. The molecule has 2 N–H and O–H groups in total. The Balaban J connectivity index is 0.00000338. The first-order chi connectivity index (χ1) is 12.3. The van der Waals surface area contributed by atoms with Gasteiger partial charge in [0.05, 0.1) is 11.3 Å². The second-order valence-electron chi connectivity index (χ2n) is 5.75. The highest BCUT2D eigenvalue weighted by molar-refractivity contribution is 14.0. The molecule has 0 aromatic carbocycles. The number of hydrogen-bond acceptors (Lipinski definition) is 5. The van der Waals surface area contributed by atoms with Crippen LogP contribution in [-0.4, -0.2) is 37.7 Å². The summed E-state index contributed by atoms with van der Waals surface area (Å²) >= 11 is 1.75. The van der Waals surface area contributed by atoms with Crippen LogP contribution in [0.4, 0.5) is 0 Å². The molecule has 0 bridgehead atoms. The number of hydrogen-bond donors (Lipinski definition) is 2. The number of aromatic nitrogens is 1. The molecular weight excluding hydrogens is 463 g/mol. The van der Waals surface area contributed by atoms with Gasteiger partial charge in [-0.05, 0) is 44.7 Å². The van der Waals surface area contributed by atoms with Gasteiger partial charge < -0.3 is 19.8 Å². The summed E-state index contributed by atoms with van der Waals surface area (Å²) in [6.07, 6.45) is 5.88. The summed E-state index contributed by atoms with van der Waals surface area (Å²) in [7, 11) is 1.79. The van der Waals surface area contributed by atoms with E-state index in [4.69, 9.17) is 9.15 Å². The Bertz CT molecular complexity index is 616. The monoisotopic (exact) mass is 492 g/mol. The van der Waals surface area contributed by atoms with Crippen LogP contribution >= 0.6 is 35.3 Å². The highest BCUT2D eigenvalue weighted by atomic mass is 127. The van der Waals surface area contributed by atoms with Crippen LogP contribution < -0.4 is 10.6 Å². The minimum absolute atomic E-state index is 0. The van der Waals surface area contributed by atoms with E-state index in [9.17, 15) is 0 Å². The minimum Gasteiger partial charge on any atom is -0.467 e. The van der Waals surface area contributed by atoms with Crippen molar-refractivity contribution in [3.8, 4) is 0 Å². The van der Waals surface area contributed by atoms with Crippen LogP contribution in [0.5, 0.6) is 0 Å². The molecule has 146 valence electrons. The van der Waals surface area contributed by atoms with Crippen molar-refractivity contribution < 1.29 is 9.15 Å². The van der Waals surface area contributed by atoms with E-state index in [1.165, 1.54) is 5.01 Å². The highest BCUT2D eigenvalue weighted by Crippen LogP contribution is 2.11. The van der Waals surface area contributed by atoms with Crippen molar-refractivity contribution in [1.29, 1.82) is 0 Å². The fourth-order valence-corrected chi connectivity index (χ4v) is 3.11. The molecule has 0 radical (unpaired) electrons. The molecule has 2 aromatic heterocycles. The normalized spacial score (nSPS) is 11.2. The Morgan fingerprint density at radius 1 is 1.27 bits per heavy atom. The van der Waals surface area contributed by atoms with Gasteiger partial charge in [-0.3, -0.25) is 4.99 Å². The highest BCUT2D eigenvalue weighted by Gasteiger charge is 2.00. The van der Waals surface area contributed by atoms with E-state index in [2.05, 4.69) is 26.0 Å². The van der Waals surface area contributed by atoms with E-state index >= 15 is 0 Å². The average Bonchev–Trinajstić information content (AvgIpc) is 3.27. The summed E-state index contributed by atoms with van der Waals surface area (Å²) in [6.45, 7) is 5.00. The molecule has 0 aliphatic rings. The van der Waals surface area contributed by atoms with Crippen LogP contribution in [0.2, 0.25) is 0 Å². The molecule has 0 unspecified atom stereocenters. The summed E-state index contributed by atoms with van der Waals surface area (Å²) < 4.78 is 10.8. The van der Waals surface area contributed by atoms with Gasteiger partial charge in [-0.1, -0.05) is 0 Å². The molecule has 2 rings (SSSR count). The number of aryl methyl sites for hydroxylation is 2. The number of nitrogens with zero attached hydrogens (tertiary/aromatic N) is 2. The van der Waals surface area contributed by atoms with E-state index in [-0.39, 0.29) is 24.0 Å². The zero-order valence-electron chi connectivity index (χ0n) is 15.5. The SMILES string of the molecule is CN=C(NCCCCc1nc(C)cs1)NCCCOCc1ccco1.I. The number of unbranched alkanes of at least 4 members (excludes halogenated alkanes) is 1. The zero-order valence-corrected chi connectivity index (χ0v) is 18.6. The lowest BCUT2D eigenvalue weighted by Gasteiger charge is -2.11. The van der Waals surface area contributed by atoms with Crippen molar-refractivity contribution in [3.63, 3.8) is 0 Å². The molecule has 6 nitrogen and oxygen atoms in total. The van der Waals surface area contributed by atoms with Crippen molar-refractivity contribution >= 4 is 41.3 Å². The van der Waals surface area contributed by atoms with Crippen LogP contribution in [0.1, 0.15) is 35.7 Å². The number of aliphatic imine (C=N–C) groups is 1. The summed E-state index contributed by atoms with van der Waals surface area (Å²) in [4.78, 5) is 8.72. The summed E-state index contributed by atoms with van der Waals surface area (Å²) in [5.74, 6) is 1.70. The lowest BCUT2D eigenvalue weighted by atomic mass is 10.2. The fourth-order valence-electron chi connectivity index (χ4n) is 2.29. The first-order valence-corrected chi connectivity index (χ1v) is 9.61. The number of nitrogens with one attached hydrogen (secondary N) is 2. The second kappa shape index (κ2) is 14.0. The smallest absolute Gasteiger partial charge is 0.190 e. The minimum atomic E-state index is 0. The van der Waals surface area contributed by atoms with Crippen molar-refractivity contribution in [2.24, 2.45) is 4.99 Å². The van der Waals surface area contributed by atoms with Crippen LogP contribution in [-0.2, 0) is 17.8 Å². The largest absolute Gasteiger partial charge is 0.467 e. The predicted molar refractivity (Wildman–Crippen MR) is 118 cm³/mol. The van der Waals surface area contributed by atoms with Gasteiger partial charge in [0.2, 0.25) is 0 Å². The Labute approximate surface area is 176 Å². The van der Waals surface area contributed by atoms with Gasteiger partial charge in [0.1, 0.15) is 12.4 Å². The Morgan fingerprint density at radius 2 is 2.08 bits per heavy atom. The first kappa shape index (κ1) is 22.9. The lowest BCUT2D eigenvalue weighted by molar-refractivity contribution is 0.105. The van der Waals surface area contributed by atoms with E-state index in [1.807, 2.05) is 19.1 Å². The molecular formula is C18H29IN4O2S. The zero-order chi connectivity index (χ0) is 17.7. The average molecular weight is 492 g/mol. The molecule has 2 heterocycles. The van der Waals surface area contributed by atoms with E-state index < -0.39 is 0 Å². The van der Waals surface area contributed by atoms with E-state index in [0.29, 0.717) is 13.2 Å². The molecule has 0 fully saturated rings. The molecule has 0 saturated heterocycles. The third kappa shape index (κ3) is 9.54. The molecule has 0 spiro atoms. The number of halogens is 1. The second-order valence-corrected chi connectivity index (χ2v) is 6.69. The molecule has 0 amide bonds. The molecule has 8 heteroatoms. The van der Waals surface area contributed by atoms with Crippen LogP contribution in [0.25, 0.3) is 0 Å². The van der Waals surface area contributed by atoms with Crippen molar-refractivity contribution in [1.82, 2.24) is 15.6 Å². The number of thiazole rings is 1. The third-order valence-corrected chi connectivity index (χ3v) is 4.61. The maximum atomic E-state index is 5.55. The van der Waals surface area contributed by atoms with E-state index in [1.54, 1.807) is 24.6 Å². The van der Waals surface area contributed by atoms with Gasteiger partial charge in [-0.25, -0.2) is 4.98 Å². The first-order valence-electron chi connectivity index (χ1n) is 8.73. The molecule has 0 atom stereocenters. The molecule has 0 saturated carbocycles. The van der Waals surface area contributed by atoms with Gasteiger partial charge in [0.25, 0.3) is 0 Å². The topological polar surface area (TPSA) is 71.7 Å². The lowest BCUT2D eigenvalue weighted by Crippen LogP contribution is -2.38. The van der Waals surface area contributed by atoms with Gasteiger partial charge in [0.15, 0.2) is 5.96 Å². The van der Waals surface area contributed by atoms with E-state index in [0.717, 1.165) is 56.2 Å². The summed E-state index contributed by atoms with van der Waals surface area (Å²) in [6, 6.07) is 3.79. The summed E-state index contributed by atoms with van der Waals surface area (Å²) in [5.41, 5.74) is 1.12. The standard InChI is InChI=1S/C18H28N4O2S.HI/c1-15-14-25-17(22-15)8-3-4-9-20-18(19-2)21-10-6-11-23-13-16-7-5-12-24-16;/h5,7,12,14H,3-4,6,8-11,13H2,1-2H3,(H2,19,20,21);1H. The van der Waals surface area contributed by atoms with Crippen LogP contribution in [0.3, 0.4) is 0 Å². The molecule has 0 aliphatic heterocycles. The van der Waals surface area contributed by atoms with Gasteiger partial charge in [0, 0.05) is 37.8 Å². The summed E-state index contributed by atoms with van der Waals surface area (Å²) in [5, 5.41) is 9.98. The van der Waals surface area contributed by atoms with Gasteiger partial charge in [-0.15, -0.1) is 35.3 Å². The fraction of sp³-hybridized carbons (Fsp3) is 0.556. The molecule has 26 heavy (non-hydrogen) atoms. The number of rotatable bonds is 11. The van der Waals surface area contributed by atoms with Crippen molar-refractivity contribution in [2.45, 2.75) is 39.2 Å². The Hall–Kier alpha value is -1.13. The Morgan fingerprint density at radius 3 is 2.73 bits per heavy atom. The van der Waals surface area contributed by atoms with Gasteiger partial charge in [-0.2, -0.15) is 0 Å². The van der Waals surface area contributed by atoms with Gasteiger partial charge >= 0.3 is 0 Å². The predicted octanol–water partition coefficient (Wildman–Crippen LogP) is 3.76. The van der Waals surface area contributed by atoms with Crippen LogP contribution in [0, 0.1) is 6.92 Å². The number of guanidine groups is 1. The Kier molecular flexibility index (Phi) is 12.3. The van der Waals surface area contributed by atoms with Crippen LogP contribution in [0.15, 0.2) is 33.2 Å². The maximum absolute atomic E-state index is 5.55. The third-order valence-electron chi connectivity index (χ3n) is 3.58. The quantitative estimate of drug-likeness (QED) is 0.216. The molecule has 0 aliphatic carbocycles. The maximum Gasteiger partial charge on any atom is 0.190 e. The van der Waals surface area contributed by atoms with Crippen molar-refractivity contribution in [3.05, 3.63) is 40.2 Å². The molecule has 2 aromatic rings. The number of furan rings is 1.